The molecule has 2 heterocycles. The number of ether oxygens (including phenoxy) is 3. The average Bonchev–Trinajstić information content (AvgIpc) is 3.28. The van der Waals surface area contributed by atoms with Crippen LogP contribution in [-0.4, -0.2) is 51.4 Å². The van der Waals surface area contributed by atoms with E-state index in [1.807, 2.05) is 42.5 Å². The van der Waals surface area contributed by atoms with Crippen LogP contribution in [0.25, 0.3) is 0 Å². The molecule has 1 amide bonds. The fraction of sp³-hybridized carbons (Fsp3) is 0.273. The molecular formula is C22H24N4O4S. The molecule has 0 radical (unpaired) electrons. The van der Waals surface area contributed by atoms with Gasteiger partial charge >= 0.3 is 0 Å². The summed E-state index contributed by atoms with van der Waals surface area (Å²) in [5, 5.41) is 8.42. The van der Waals surface area contributed by atoms with Crippen molar-refractivity contribution in [2.45, 2.75) is 0 Å². The van der Waals surface area contributed by atoms with Crippen molar-refractivity contribution >= 4 is 39.4 Å². The number of carbonyl (C=O) groups is 1. The van der Waals surface area contributed by atoms with Crippen LogP contribution in [0.2, 0.25) is 0 Å². The van der Waals surface area contributed by atoms with E-state index in [4.69, 9.17) is 14.2 Å². The Hall–Kier alpha value is -3.30. The molecule has 0 saturated carbocycles. The second-order valence-corrected chi connectivity index (χ2v) is 7.69. The maximum atomic E-state index is 12.6. The van der Waals surface area contributed by atoms with E-state index in [1.54, 1.807) is 19.6 Å². The number of hydrogen-bond acceptors (Lipinski definition) is 8. The van der Waals surface area contributed by atoms with Crippen LogP contribution >= 0.6 is 11.3 Å². The third kappa shape index (κ3) is 5.07. The highest BCUT2D eigenvalue weighted by molar-refractivity contribution is 7.14. The van der Waals surface area contributed by atoms with Crippen LogP contribution in [0.1, 0.15) is 10.5 Å². The Bertz CT molecular complexity index is 1030. The minimum absolute atomic E-state index is 0.254. The molecule has 0 bridgehead atoms. The number of methoxy groups -OCH3 is 2. The summed E-state index contributed by atoms with van der Waals surface area (Å²) in [6.45, 7) is 3.23. The van der Waals surface area contributed by atoms with Crippen LogP contribution in [0.4, 0.5) is 22.2 Å². The summed E-state index contributed by atoms with van der Waals surface area (Å²) in [5.74, 6) is 1.00. The number of anilines is 4. The zero-order chi connectivity index (χ0) is 21.6. The second-order valence-electron chi connectivity index (χ2n) is 6.83. The lowest BCUT2D eigenvalue weighted by atomic mass is 10.2. The number of amides is 1. The minimum atomic E-state index is -0.254. The summed E-state index contributed by atoms with van der Waals surface area (Å²) in [4.78, 5) is 19.2. The van der Waals surface area contributed by atoms with Crippen molar-refractivity contribution in [2.24, 2.45) is 0 Å². The van der Waals surface area contributed by atoms with Gasteiger partial charge < -0.3 is 29.7 Å². The van der Waals surface area contributed by atoms with Gasteiger partial charge in [-0.05, 0) is 36.4 Å². The fourth-order valence-corrected chi connectivity index (χ4v) is 3.96. The number of rotatable bonds is 7. The van der Waals surface area contributed by atoms with Crippen molar-refractivity contribution in [3.8, 4) is 11.5 Å². The van der Waals surface area contributed by atoms with E-state index in [0.717, 1.165) is 43.4 Å². The van der Waals surface area contributed by atoms with Gasteiger partial charge in [0.25, 0.3) is 5.91 Å². The van der Waals surface area contributed by atoms with Crippen molar-refractivity contribution in [2.75, 3.05) is 56.1 Å². The highest BCUT2D eigenvalue weighted by Gasteiger charge is 2.14. The molecule has 3 aromatic rings. The summed E-state index contributed by atoms with van der Waals surface area (Å²) >= 11 is 1.35. The number of morpholine rings is 1. The zero-order valence-corrected chi connectivity index (χ0v) is 18.2. The third-order valence-electron chi connectivity index (χ3n) is 4.87. The molecule has 2 N–H and O–H groups in total. The fourth-order valence-electron chi connectivity index (χ4n) is 3.25. The van der Waals surface area contributed by atoms with Crippen LogP contribution in [0, 0.1) is 0 Å². The molecule has 1 aromatic heterocycles. The second kappa shape index (κ2) is 9.67. The van der Waals surface area contributed by atoms with E-state index in [1.165, 1.54) is 11.3 Å². The van der Waals surface area contributed by atoms with Crippen molar-refractivity contribution in [3.05, 3.63) is 53.5 Å². The molecule has 0 aliphatic carbocycles. The van der Waals surface area contributed by atoms with Gasteiger partial charge in [-0.3, -0.25) is 4.79 Å². The summed E-state index contributed by atoms with van der Waals surface area (Å²) in [6, 6.07) is 13.3. The molecule has 1 aliphatic rings. The quantitative estimate of drug-likeness (QED) is 0.575. The Morgan fingerprint density at radius 1 is 1.03 bits per heavy atom. The van der Waals surface area contributed by atoms with E-state index >= 15 is 0 Å². The Morgan fingerprint density at radius 3 is 2.45 bits per heavy atom. The minimum Gasteiger partial charge on any atom is -0.493 e. The highest BCUT2D eigenvalue weighted by atomic mass is 32.1. The average molecular weight is 441 g/mol. The van der Waals surface area contributed by atoms with Crippen molar-refractivity contribution in [1.29, 1.82) is 0 Å². The summed E-state index contributed by atoms with van der Waals surface area (Å²) in [6.07, 6.45) is 0. The van der Waals surface area contributed by atoms with Gasteiger partial charge in [-0.2, -0.15) is 0 Å². The van der Waals surface area contributed by atoms with Crippen molar-refractivity contribution < 1.29 is 19.0 Å². The Labute approximate surface area is 184 Å². The Kier molecular flexibility index (Phi) is 6.54. The van der Waals surface area contributed by atoms with Gasteiger partial charge in [0.05, 0.1) is 27.4 Å². The van der Waals surface area contributed by atoms with Gasteiger partial charge in [0, 0.05) is 41.6 Å². The van der Waals surface area contributed by atoms with Crippen molar-refractivity contribution in [1.82, 2.24) is 4.98 Å². The normalized spacial score (nSPS) is 13.5. The first-order chi connectivity index (χ1) is 15.2. The van der Waals surface area contributed by atoms with Crippen LogP contribution in [0.5, 0.6) is 11.5 Å². The molecule has 31 heavy (non-hydrogen) atoms. The van der Waals surface area contributed by atoms with Crippen LogP contribution in [0.15, 0.2) is 47.8 Å². The Balaban J connectivity index is 1.38. The van der Waals surface area contributed by atoms with E-state index in [9.17, 15) is 4.79 Å². The molecule has 0 spiro atoms. The molecule has 1 aliphatic heterocycles. The first-order valence-electron chi connectivity index (χ1n) is 9.85. The van der Waals surface area contributed by atoms with E-state index in [2.05, 4.69) is 20.5 Å². The lowest BCUT2D eigenvalue weighted by Crippen LogP contribution is -2.36. The molecule has 2 aromatic carbocycles. The number of nitrogens with zero attached hydrogens (tertiary/aromatic N) is 2. The summed E-state index contributed by atoms with van der Waals surface area (Å²) < 4.78 is 16.0. The molecular weight excluding hydrogens is 416 g/mol. The predicted octanol–water partition coefficient (Wildman–Crippen LogP) is 3.99. The maximum Gasteiger partial charge on any atom is 0.275 e. The topological polar surface area (TPSA) is 85.0 Å². The molecule has 162 valence electrons. The first-order valence-corrected chi connectivity index (χ1v) is 10.7. The van der Waals surface area contributed by atoms with Gasteiger partial charge in [-0.1, -0.05) is 0 Å². The summed E-state index contributed by atoms with van der Waals surface area (Å²) in [7, 11) is 3.17. The molecule has 0 atom stereocenters. The molecule has 8 nitrogen and oxygen atoms in total. The van der Waals surface area contributed by atoms with Gasteiger partial charge in [0.15, 0.2) is 16.6 Å². The standard InChI is InChI=1S/C22H24N4O4S/c1-28-19-8-5-16(13-20(19)29-2)24-22-25-18(14-31-22)21(27)23-15-3-6-17(7-4-15)26-9-11-30-12-10-26/h3-8,13-14H,9-12H2,1-2H3,(H,23,27)(H,24,25). The van der Waals surface area contributed by atoms with Crippen LogP contribution in [0.3, 0.4) is 0 Å². The van der Waals surface area contributed by atoms with Crippen molar-refractivity contribution in [3.63, 3.8) is 0 Å². The van der Waals surface area contributed by atoms with E-state index in [-0.39, 0.29) is 5.91 Å². The smallest absolute Gasteiger partial charge is 0.275 e. The van der Waals surface area contributed by atoms with E-state index in [0.29, 0.717) is 22.3 Å². The zero-order valence-electron chi connectivity index (χ0n) is 17.4. The van der Waals surface area contributed by atoms with E-state index < -0.39 is 0 Å². The number of benzene rings is 2. The van der Waals surface area contributed by atoms with Gasteiger partial charge in [0.1, 0.15) is 5.69 Å². The number of thiazole rings is 1. The van der Waals surface area contributed by atoms with Gasteiger partial charge in [-0.15, -0.1) is 11.3 Å². The number of carbonyl (C=O) groups excluding carboxylic acids is 1. The van der Waals surface area contributed by atoms with Crippen LogP contribution in [-0.2, 0) is 4.74 Å². The Morgan fingerprint density at radius 2 is 1.74 bits per heavy atom. The first kappa shape index (κ1) is 21.0. The lowest BCUT2D eigenvalue weighted by Gasteiger charge is -2.28. The lowest BCUT2D eigenvalue weighted by molar-refractivity contribution is 0.102. The third-order valence-corrected chi connectivity index (χ3v) is 5.63. The summed E-state index contributed by atoms with van der Waals surface area (Å²) in [5.41, 5.74) is 2.99. The van der Waals surface area contributed by atoms with Gasteiger partial charge in [0.2, 0.25) is 0 Å². The molecule has 1 fully saturated rings. The van der Waals surface area contributed by atoms with Gasteiger partial charge in [-0.25, -0.2) is 4.98 Å². The number of nitrogens with one attached hydrogen (secondary N) is 2. The predicted molar refractivity (Wildman–Crippen MR) is 122 cm³/mol. The molecule has 4 rings (SSSR count). The highest BCUT2D eigenvalue weighted by Crippen LogP contribution is 2.31. The monoisotopic (exact) mass is 440 g/mol. The SMILES string of the molecule is COc1ccc(Nc2nc(C(=O)Nc3ccc(N4CCOCC4)cc3)cs2)cc1OC. The molecule has 0 unspecified atom stereocenters. The molecule has 9 heteroatoms. The number of aromatic nitrogens is 1. The number of hydrogen-bond donors (Lipinski definition) is 2. The largest absolute Gasteiger partial charge is 0.493 e. The maximum absolute atomic E-state index is 12.6. The van der Waals surface area contributed by atoms with Crippen LogP contribution < -0.4 is 25.0 Å². The molecule has 1 saturated heterocycles.